The summed E-state index contributed by atoms with van der Waals surface area (Å²) in [5.74, 6) is 0.338. The SMILES string of the molecule is COCCN1CCC2(CCN(Cc3cc4cc(C)ccc4n3C)C2)C1=O. The highest BCUT2D eigenvalue weighted by Gasteiger charge is 2.50. The Bertz CT molecular complexity index is 828. The van der Waals surface area contributed by atoms with E-state index in [-0.39, 0.29) is 5.41 Å². The molecule has 1 spiro atoms. The van der Waals surface area contributed by atoms with Gasteiger partial charge in [-0.25, -0.2) is 0 Å². The van der Waals surface area contributed by atoms with Gasteiger partial charge in [-0.2, -0.15) is 0 Å². The molecule has 5 heteroatoms. The third-order valence-electron chi connectivity index (χ3n) is 6.28. The summed E-state index contributed by atoms with van der Waals surface area (Å²) in [5.41, 5.74) is 3.74. The van der Waals surface area contributed by atoms with Crippen LogP contribution in [0.15, 0.2) is 24.3 Å². The van der Waals surface area contributed by atoms with Crippen molar-refractivity contribution in [2.75, 3.05) is 39.9 Å². The molecule has 2 aromatic rings. The molecule has 2 fully saturated rings. The van der Waals surface area contributed by atoms with Crippen LogP contribution in [0.3, 0.4) is 0 Å². The van der Waals surface area contributed by atoms with Crippen molar-refractivity contribution >= 4 is 16.8 Å². The molecule has 1 unspecified atom stereocenters. The van der Waals surface area contributed by atoms with Gasteiger partial charge in [0.05, 0.1) is 12.0 Å². The van der Waals surface area contributed by atoms with E-state index >= 15 is 0 Å². The van der Waals surface area contributed by atoms with Crippen molar-refractivity contribution < 1.29 is 9.53 Å². The molecule has 26 heavy (non-hydrogen) atoms. The molecule has 0 bridgehead atoms. The maximum absolute atomic E-state index is 12.9. The quantitative estimate of drug-likeness (QED) is 0.827. The number of hydrogen-bond donors (Lipinski definition) is 0. The highest BCUT2D eigenvalue weighted by molar-refractivity contribution is 5.85. The zero-order valence-electron chi connectivity index (χ0n) is 16.1. The minimum Gasteiger partial charge on any atom is -0.383 e. The smallest absolute Gasteiger partial charge is 0.230 e. The first-order valence-electron chi connectivity index (χ1n) is 9.58. The van der Waals surface area contributed by atoms with Gasteiger partial charge in [0.1, 0.15) is 0 Å². The van der Waals surface area contributed by atoms with Crippen molar-refractivity contribution in [3.05, 3.63) is 35.5 Å². The number of hydrogen-bond acceptors (Lipinski definition) is 3. The van der Waals surface area contributed by atoms with E-state index in [1.54, 1.807) is 7.11 Å². The number of rotatable bonds is 5. The number of likely N-dealkylation sites (tertiary alicyclic amines) is 2. The summed E-state index contributed by atoms with van der Waals surface area (Å²) in [6.45, 7) is 7.17. The molecule has 1 aromatic carbocycles. The molecule has 0 radical (unpaired) electrons. The van der Waals surface area contributed by atoms with E-state index < -0.39 is 0 Å². The average Bonchev–Trinajstić information content (AvgIpc) is 3.26. The summed E-state index contributed by atoms with van der Waals surface area (Å²) < 4.78 is 7.44. The molecule has 0 N–H and O–H groups in total. The third kappa shape index (κ3) is 2.93. The first-order valence-corrected chi connectivity index (χ1v) is 9.58. The van der Waals surface area contributed by atoms with Crippen molar-refractivity contribution in [2.24, 2.45) is 12.5 Å². The molecular formula is C21H29N3O2. The van der Waals surface area contributed by atoms with Gasteiger partial charge in [0.25, 0.3) is 0 Å². The molecule has 1 aromatic heterocycles. The van der Waals surface area contributed by atoms with E-state index in [0.717, 1.165) is 45.6 Å². The van der Waals surface area contributed by atoms with Gasteiger partial charge in [-0.3, -0.25) is 9.69 Å². The van der Waals surface area contributed by atoms with E-state index in [1.807, 2.05) is 4.90 Å². The van der Waals surface area contributed by atoms with Gasteiger partial charge in [-0.05, 0) is 44.5 Å². The lowest BCUT2D eigenvalue weighted by Crippen LogP contribution is -2.38. The van der Waals surface area contributed by atoms with E-state index in [4.69, 9.17) is 4.74 Å². The van der Waals surface area contributed by atoms with Crippen LogP contribution in [0, 0.1) is 12.3 Å². The van der Waals surface area contributed by atoms with Crippen LogP contribution >= 0.6 is 0 Å². The van der Waals surface area contributed by atoms with Gasteiger partial charge in [-0.1, -0.05) is 11.6 Å². The zero-order valence-corrected chi connectivity index (χ0v) is 16.1. The predicted octanol–water partition coefficient (Wildman–Crippen LogP) is 2.56. The van der Waals surface area contributed by atoms with E-state index in [1.165, 1.54) is 22.2 Å². The normalized spacial score (nSPS) is 23.8. The van der Waals surface area contributed by atoms with Crippen molar-refractivity contribution in [1.82, 2.24) is 14.4 Å². The molecular weight excluding hydrogens is 326 g/mol. The van der Waals surface area contributed by atoms with Gasteiger partial charge in [0, 0.05) is 56.9 Å². The summed E-state index contributed by atoms with van der Waals surface area (Å²) >= 11 is 0. The Kier molecular flexibility index (Phi) is 4.53. The Labute approximate surface area is 155 Å². The van der Waals surface area contributed by atoms with Crippen LogP contribution in [0.2, 0.25) is 0 Å². The van der Waals surface area contributed by atoms with Crippen molar-refractivity contribution in [3.63, 3.8) is 0 Å². The minimum absolute atomic E-state index is 0.158. The number of carbonyl (C=O) groups excluding carboxylic acids is 1. The number of nitrogens with zero attached hydrogens (tertiary/aromatic N) is 3. The van der Waals surface area contributed by atoms with Crippen LogP contribution in [0.4, 0.5) is 0 Å². The minimum atomic E-state index is -0.158. The van der Waals surface area contributed by atoms with Crippen molar-refractivity contribution in [3.8, 4) is 0 Å². The van der Waals surface area contributed by atoms with Crippen LogP contribution in [-0.4, -0.2) is 60.2 Å². The fraction of sp³-hybridized carbons (Fsp3) is 0.571. The lowest BCUT2D eigenvalue weighted by molar-refractivity contribution is -0.136. The number of benzene rings is 1. The monoisotopic (exact) mass is 355 g/mol. The van der Waals surface area contributed by atoms with Crippen LogP contribution in [0.1, 0.15) is 24.1 Å². The van der Waals surface area contributed by atoms with Crippen LogP contribution in [0.5, 0.6) is 0 Å². The zero-order chi connectivity index (χ0) is 18.3. The predicted molar refractivity (Wildman–Crippen MR) is 103 cm³/mol. The second-order valence-electron chi connectivity index (χ2n) is 8.03. The lowest BCUT2D eigenvalue weighted by atomic mass is 9.85. The molecule has 2 aliphatic heterocycles. The van der Waals surface area contributed by atoms with E-state index in [9.17, 15) is 4.79 Å². The maximum atomic E-state index is 12.9. The average molecular weight is 355 g/mol. The Morgan fingerprint density at radius 3 is 2.81 bits per heavy atom. The largest absolute Gasteiger partial charge is 0.383 e. The third-order valence-corrected chi connectivity index (χ3v) is 6.28. The van der Waals surface area contributed by atoms with Gasteiger partial charge < -0.3 is 14.2 Å². The summed E-state index contributed by atoms with van der Waals surface area (Å²) in [6, 6.07) is 8.92. The maximum Gasteiger partial charge on any atom is 0.230 e. The van der Waals surface area contributed by atoms with E-state index in [2.05, 4.69) is 47.7 Å². The van der Waals surface area contributed by atoms with Crippen LogP contribution < -0.4 is 0 Å². The topological polar surface area (TPSA) is 37.7 Å². The second-order valence-corrected chi connectivity index (χ2v) is 8.03. The molecule has 2 aliphatic rings. The van der Waals surface area contributed by atoms with Crippen LogP contribution in [-0.2, 0) is 23.1 Å². The molecule has 2 saturated heterocycles. The Morgan fingerprint density at radius 2 is 2.00 bits per heavy atom. The summed E-state index contributed by atoms with van der Waals surface area (Å²) in [7, 11) is 3.84. The molecule has 1 amide bonds. The number of ether oxygens (including phenoxy) is 1. The fourth-order valence-electron chi connectivity index (χ4n) is 4.69. The number of fused-ring (bicyclic) bond motifs is 1. The number of aryl methyl sites for hydroxylation is 2. The highest BCUT2D eigenvalue weighted by atomic mass is 16.5. The lowest BCUT2D eigenvalue weighted by Gasteiger charge is -2.23. The van der Waals surface area contributed by atoms with Gasteiger partial charge in [-0.15, -0.1) is 0 Å². The van der Waals surface area contributed by atoms with Gasteiger partial charge >= 0.3 is 0 Å². The molecule has 1 atom stereocenters. The second kappa shape index (κ2) is 6.71. The standard InChI is InChI=1S/C21H29N3O2/c1-16-4-5-19-17(12-16)13-18(22(19)2)14-23-8-6-21(15-23)7-9-24(20(21)25)10-11-26-3/h4-5,12-13H,6-11,14-15H2,1-3H3. The molecule has 5 nitrogen and oxygen atoms in total. The molecule has 140 valence electrons. The Balaban J connectivity index is 1.47. The van der Waals surface area contributed by atoms with E-state index in [0.29, 0.717) is 12.5 Å². The molecule has 0 aliphatic carbocycles. The highest BCUT2D eigenvalue weighted by Crippen LogP contribution is 2.41. The Hall–Kier alpha value is -1.85. The van der Waals surface area contributed by atoms with Crippen molar-refractivity contribution in [2.45, 2.75) is 26.3 Å². The fourth-order valence-corrected chi connectivity index (χ4v) is 4.69. The number of methoxy groups -OCH3 is 1. The first kappa shape index (κ1) is 17.6. The van der Waals surface area contributed by atoms with Crippen molar-refractivity contribution in [1.29, 1.82) is 0 Å². The first-order chi connectivity index (χ1) is 12.5. The Morgan fingerprint density at radius 1 is 1.19 bits per heavy atom. The number of amides is 1. The van der Waals surface area contributed by atoms with Gasteiger partial charge in [0.2, 0.25) is 5.91 Å². The molecule has 0 saturated carbocycles. The number of carbonyl (C=O) groups is 1. The summed E-state index contributed by atoms with van der Waals surface area (Å²) in [4.78, 5) is 17.4. The van der Waals surface area contributed by atoms with Crippen LogP contribution in [0.25, 0.3) is 10.9 Å². The van der Waals surface area contributed by atoms with Gasteiger partial charge in [0.15, 0.2) is 0 Å². The summed E-state index contributed by atoms with van der Waals surface area (Å²) in [5, 5.41) is 1.30. The summed E-state index contributed by atoms with van der Waals surface area (Å²) in [6.07, 6.45) is 1.97. The number of aromatic nitrogens is 1. The molecule has 3 heterocycles. The molecule has 4 rings (SSSR count).